The third-order valence-corrected chi connectivity index (χ3v) is 4.32. The minimum atomic E-state index is -0.719. The first-order valence-electron chi connectivity index (χ1n) is 9.83. The fourth-order valence-electron chi connectivity index (χ4n) is 3.12. The molecule has 166 valence electrons. The van der Waals surface area contributed by atoms with E-state index >= 15 is 0 Å². The number of anilines is 2. The van der Waals surface area contributed by atoms with Gasteiger partial charge in [0.2, 0.25) is 17.6 Å². The Hall–Kier alpha value is -4.14. The molecule has 2 N–H and O–H groups in total. The minimum absolute atomic E-state index is 0.0354. The van der Waals surface area contributed by atoms with E-state index in [-0.39, 0.29) is 36.4 Å². The number of hydrogen-bond donors (Lipinski definition) is 2. The van der Waals surface area contributed by atoms with Crippen molar-refractivity contribution in [3.63, 3.8) is 0 Å². The second kappa shape index (κ2) is 9.78. The van der Waals surface area contributed by atoms with Crippen molar-refractivity contribution >= 4 is 46.1 Å². The number of para-hydroxylation sites is 1. The Labute approximate surface area is 183 Å². The number of amides is 2. The number of esters is 2. The molecule has 0 aliphatic carbocycles. The normalized spacial score (nSPS) is 10.5. The number of rotatable bonds is 7. The summed E-state index contributed by atoms with van der Waals surface area (Å²) in [6.07, 6.45) is 0. The van der Waals surface area contributed by atoms with Crippen LogP contribution in [0.3, 0.4) is 0 Å². The highest BCUT2D eigenvalue weighted by Gasteiger charge is 2.23. The molecule has 0 fully saturated rings. The Morgan fingerprint density at radius 2 is 1.50 bits per heavy atom. The van der Waals surface area contributed by atoms with E-state index in [0.29, 0.717) is 27.9 Å². The SMILES string of the molecule is CCOC(=O)c1oc2ccccc2c1COC(=O)c1cc(NC(C)=O)cc(NC(C)=O)c1. The molecule has 0 radical (unpaired) electrons. The van der Waals surface area contributed by atoms with Crippen LogP contribution in [0.2, 0.25) is 0 Å². The summed E-state index contributed by atoms with van der Waals surface area (Å²) in [5, 5.41) is 5.76. The Bertz CT molecular complexity index is 1160. The zero-order valence-electron chi connectivity index (χ0n) is 17.8. The van der Waals surface area contributed by atoms with Crippen LogP contribution in [0.4, 0.5) is 11.4 Å². The Morgan fingerprint density at radius 3 is 2.09 bits per heavy atom. The molecule has 0 saturated heterocycles. The van der Waals surface area contributed by atoms with Gasteiger partial charge in [0.25, 0.3) is 0 Å². The molecule has 32 heavy (non-hydrogen) atoms. The van der Waals surface area contributed by atoms with Gasteiger partial charge >= 0.3 is 11.9 Å². The zero-order chi connectivity index (χ0) is 23.3. The molecule has 2 amide bonds. The summed E-state index contributed by atoms with van der Waals surface area (Å²) >= 11 is 0. The van der Waals surface area contributed by atoms with Crippen LogP contribution < -0.4 is 10.6 Å². The van der Waals surface area contributed by atoms with Gasteiger partial charge in [-0.3, -0.25) is 9.59 Å². The van der Waals surface area contributed by atoms with Crippen LogP contribution in [0.15, 0.2) is 46.9 Å². The van der Waals surface area contributed by atoms with Gasteiger partial charge in [0.15, 0.2) is 0 Å². The van der Waals surface area contributed by atoms with E-state index in [1.807, 2.05) is 0 Å². The molecule has 0 saturated carbocycles. The van der Waals surface area contributed by atoms with Crippen molar-refractivity contribution in [2.75, 3.05) is 17.2 Å². The van der Waals surface area contributed by atoms with Gasteiger partial charge in [0, 0.05) is 30.6 Å². The maximum Gasteiger partial charge on any atom is 0.374 e. The number of carbonyl (C=O) groups is 4. The standard InChI is InChI=1S/C23H22N2O7/c1-4-30-23(29)21-19(18-7-5-6-8-20(18)32-21)12-31-22(28)15-9-16(24-13(2)26)11-17(10-15)25-14(3)27/h5-11H,4,12H2,1-3H3,(H,24,26)(H,25,27). The molecule has 0 aliphatic heterocycles. The first-order chi connectivity index (χ1) is 15.3. The summed E-state index contributed by atoms with van der Waals surface area (Å²) in [5.74, 6) is -2.09. The predicted octanol–water partition coefficient (Wildman–Crippen LogP) is 3.88. The van der Waals surface area contributed by atoms with E-state index in [2.05, 4.69) is 10.6 Å². The van der Waals surface area contributed by atoms with Gasteiger partial charge in [-0.05, 0) is 31.2 Å². The highest BCUT2D eigenvalue weighted by molar-refractivity contribution is 5.99. The van der Waals surface area contributed by atoms with E-state index in [0.717, 1.165) is 0 Å². The summed E-state index contributed by atoms with van der Waals surface area (Å²) in [6, 6.07) is 11.3. The van der Waals surface area contributed by atoms with Crippen molar-refractivity contribution in [2.45, 2.75) is 27.4 Å². The Kier molecular flexibility index (Phi) is 6.89. The molecule has 1 heterocycles. The number of carbonyl (C=O) groups excluding carboxylic acids is 4. The number of benzene rings is 2. The maximum atomic E-state index is 12.8. The Balaban J connectivity index is 1.89. The average Bonchev–Trinajstić information content (AvgIpc) is 3.09. The lowest BCUT2D eigenvalue weighted by molar-refractivity contribution is -0.115. The lowest BCUT2D eigenvalue weighted by Gasteiger charge is -2.11. The molecule has 9 nitrogen and oxygen atoms in total. The Morgan fingerprint density at radius 1 is 0.875 bits per heavy atom. The predicted molar refractivity (Wildman–Crippen MR) is 116 cm³/mol. The lowest BCUT2D eigenvalue weighted by atomic mass is 10.1. The van der Waals surface area contributed by atoms with Crippen LogP contribution in [0.5, 0.6) is 0 Å². The fourth-order valence-corrected chi connectivity index (χ4v) is 3.12. The van der Waals surface area contributed by atoms with Crippen LogP contribution in [0.1, 0.15) is 47.2 Å². The number of hydrogen-bond acceptors (Lipinski definition) is 7. The number of fused-ring (bicyclic) bond motifs is 1. The van der Waals surface area contributed by atoms with Gasteiger partial charge in [-0.2, -0.15) is 0 Å². The van der Waals surface area contributed by atoms with Crippen molar-refractivity contribution in [2.24, 2.45) is 0 Å². The quantitative estimate of drug-likeness (QED) is 0.536. The van der Waals surface area contributed by atoms with Crippen LogP contribution in [0.25, 0.3) is 11.0 Å². The van der Waals surface area contributed by atoms with Gasteiger partial charge < -0.3 is 24.5 Å². The summed E-state index contributed by atoms with van der Waals surface area (Å²) in [6.45, 7) is 4.24. The first-order valence-corrected chi connectivity index (χ1v) is 9.83. The summed E-state index contributed by atoms with van der Waals surface area (Å²) < 4.78 is 16.1. The van der Waals surface area contributed by atoms with E-state index in [1.54, 1.807) is 31.2 Å². The highest BCUT2D eigenvalue weighted by Crippen LogP contribution is 2.28. The zero-order valence-corrected chi connectivity index (χ0v) is 17.8. The van der Waals surface area contributed by atoms with E-state index < -0.39 is 11.9 Å². The second-order valence-corrected chi connectivity index (χ2v) is 6.86. The smallest absolute Gasteiger partial charge is 0.374 e. The second-order valence-electron chi connectivity index (χ2n) is 6.86. The molecule has 0 atom stereocenters. The molecule has 0 aliphatic rings. The van der Waals surface area contributed by atoms with Crippen molar-refractivity contribution in [1.29, 1.82) is 0 Å². The van der Waals surface area contributed by atoms with Crippen molar-refractivity contribution in [3.05, 3.63) is 59.4 Å². The molecule has 0 bridgehead atoms. The molecular weight excluding hydrogens is 416 g/mol. The summed E-state index contributed by atoms with van der Waals surface area (Å²) in [4.78, 5) is 47.9. The van der Waals surface area contributed by atoms with Crippen molar-refractivity contribution in [3.8, 4) is 0 Å². The molecule has 9 heteroatoms. The molecular formula is C23H22N2O7. The van der Waals surface area contributed by atoms with Gasteiger partial charge in [0.05, 0.1) is 17.7 Å². The van der Waals surface area contributed by atoms with Crippen LogP contribution >= 0.6 is 0 Å². The summed E-state index contributed by atoms with van der Waals surface area (Å²) in [7, 11) is 0. The van der Waals surface area contributed by atoms with Gasteiger partial charge in [0.1, 0.15) is 12.2 Å². The third-order valence-electron chi connectivity index (χ3n) is 4.32. The van der Waals surface area contributed by atoms with Crippen molar-refractivity contribution < 1.29 is 33.1 Å². The third kappa shape index (κ3) is 5.31. The highest BCUT2D eigenvalue weighted by atomic mass is 16.5. The molecule has 3 aromatic rings. The number of furan rings is 1. The topological polar surface area (TPSA) is 124 Å². The van der Waals surface area contributed by atoms with Crippen LogP contribution in [-0.2, 0) is 25.7 Å². The van der Waals surface area contributed by atoms with Crippen molar-refractivity contribution in [1.82, 2.24) is 0 Å². The molecule has 1 aromatic heterocycles. The largest absolute Gasteiger partial charge is 0.460 e. The van der Waals surface area contributed by atoms with E-state index in [4.69, 9.17) is 13.9 Å². The lowest BCUT2D eigenvalue weighted by Crippen LogP contribution is -2.13. The minimum Gasteiger partial charge on any atom is -0.460 e. The average molecular weight is 438 g/mol. The van der Waals surface area contributed by atoms with Gasteiger partial charge in [-0.1, -0.05) is 18.2 Å². The van der Waals surface area contributed by atoms with E-state index in [9.17, 15) is 19.2 Å². The molecule has 0 unspecified atom stereocenters. The van der Waals surface area contributed by atoms with E-state index in [1.165, 1.54) is 32.0 Å². The first kappa shape index (κ1) is 22.5. The van der Waals surface area contributed by atoms with Gasteiger partial charge in [-0.15, -0.1) is 0 Å². The van der Waals surface area contributed by atoms with Gasteiger partial charge in [-0.25, -0.2) is 9.59 Å². The number of nitrogens with one attached hydrogen (secondary N) is 2. The fraction of sp³-hybridized carbons (Fsp3) is 0.217. The monoisotopic (exact) mass is 438 g/mol. The maximum absolute atomic E-state index is 12.8. The molecule has 2 aromatic carbocycles. The van der Waals surface area contributed by atoms with Crippen LogP contribution in [-0.4, -0.2) is 30.4 Å². The molecule has 0 spiro atoms. The summed E-state index contributed by atoms with van der Waals surface area (Å²) in [5.41, 5.74) is 1.58. The van der Waals surface area contributed by atoms with Crippen LogP contribution in [0, 0.1) is 0 Å². The number of ether oxygens (including phenoxy) is 2. The molecule has 3 rings (SSSR count).